The zero-order chi connectivity index (χ0) is 17.9. The summed E-state index contributed by atoms with van der Waals surface area (Å²) >= 11 is 0. The summed E-state index contributed by atoms with van der Waals surface area (Å²) < 4.78 is 25.2. The molecule has 3 saturated heterocycles. The smallest absolute Gasteiger partial charge is 0.429 e. The molecule has 4 fully saturated rings. The van der Waals surface area contributed by atoms with Crippen molar-refractivity contribution in [3.8, 4) is 0 Å². The standard InChI is InChI=1S/C21H28FNO3/c22-18-8-4-7-17(13-18)20(16-5-2-1-3-6-16)26-21(24)25-19-14-23-11-9-15(19)10-12-23/h4,7-8,13,15-16,19-20H,1-3,5-6,9-12,14H2. The highest BCUT2D eigenvalue weighted by Crippen LogP contribution is 2.38. The van der Waals surface area contributed by atoms with Crippen LogP contribution >= 0.6 is 0 Å². The van der Waals surface area contributed by atoms with Crippen molar-refractivity contribution >= 4 is 6.16 Å². The topological polar surface area (TPSA) is 38.8 Å². The molecular weight excluding hydrogens is 333 g/mol. The summed E-state index contributed by atoms with van der Waals surface area (Å²) in [7, 11) is 0. The van der Waals surface area contributed by atoms with Gasteiger partial charge in [-0.1, -0.05) is 31.4 Å². The average molecular weight is 361 g/mol. The lowest BCUT2D eigenvalue weighted by molar-refractivity contribution is -0.0758. The first-order valence-electron chi connectivity index (χ1n) is 10.0. The molecule has 3 heterocycles. The maximum atomic E-state index is 13.7. The molecule has 5 rings (SSSR count). The number of piperidine rings is 3. The van der Waals surface area contributed by atoms with E-state index >= 15 is 0 Å². The quantitative estimate of drug-likeness (QED) is 0.729. The van der Waals surface area contributed by atoms with Gasteiger partial charge in [0.15, 0.2) is 0 Å². The maximum Gasteiger partial charge on any atom is 0.509 e. The third-order valence-corrected chi connectivity index (χ3v) is 6.32. The predicted octanol–water partition coefficient (Wildman–Crippen LogP) is 4.69. The average Bonchev–Trinajstić information content (AvgIpc) is 2.68. The number of carbonyl (C=O) groups excluding carboxylic acids is 1. The first-order valence-corrected chi connectivity index (χ1v) is 10.0. The minimum Gasteiger partial charge on any atom is -0.429 e. The lowest BCUT2D eigenvalue weighted by atomic mass is 9.82. The van der Waals surface area contributed by atoms with Gasteiger partial charge in [0.2, 0.25) is 0 Å². The lowest BCUT2D eigenvalue weighted by Crippen LogP contribution is -2.52. The maximum absolute atomic E-state index is 13.7. The molecule has 2 atom stereocenters. The van der Waals surface area contributed by atoms with Crippen molar-refractivity contribution in [2.75, 3.05) is 19.6 Å². The molecule has 3 aliphatic heterocycles. The monoisotopic (exact) mass is 361 g/mol. The molecule has 0 amide bonds. The van der Waals surface area contributed by atoms with Gasteiger partial charge in [0.25, 0.3) is 0 Å². The molecule has 1 aromatic rings. The van der Waals surface area contributed by atoms with E-state index in [1.165, 1.54) is 18.6 Å². The highest BCUT2D eigenvalue weighted by molar-refractivity contribution is 5.61. The number of carbonyl (C=O) groups is 1. The summed E-state index contributed by atoms with van der Waals surface area (Å²) in [6, 6.07) is 6.44. The zero-order valence-corrected chi connectivity index (χ0v) is 15.2. The van der Waals surface area contributed by atoms with Crippen LogP contribution in [0.2, 0.25) is 0 Å². The van der Waals surface area contributed by atoms with Crippen LogP contribution in [0.25, 0.3) is 0 Å². The summed E-state index contributed by atoms with van der Waals surface area (Å²) in [4.78, 5) is 14.9. The van der Waals surface area contributed by atoms with Gasteiger partial charge in [-0.3, -0.25) is 4.90 Å². The van der Waals surface area contributed by atoms with E-state index in [4.69, 9.17) is 9.47 Å². The second kappa shape index (κ2) is 7.95. The number of halogens is 1. The molecule has 1 aliphatic carbocycles. The van der Waals surface area contributed by atoms with Gasteiger partial charge in [-0.2, -0.15) is 0 Å². The van der Waals surface area contributed by atoms with Crippen LogP contribution in [-0.2, 0) is 9.47 Å². The van der Waals surface area contributed by atoms with Crippen LogP contribution < -0.4 is 0 Å². The molecule has 0 aromatic heterocycles. The molecule has 2 bridgehead atoms. The van der Waals surface area contributed by atoms with E-state index in [-0.39, 0.29) is 17.8 Å². The number of rotatable bonds is 4. The summed E-state index contributed by atoms with van der Waals surface area (Å²) in [5.41, 5.74) is 0.739. The second-order valence-corrected chi connectivity index (χ2v) is 8.04. The van der Waals surface area contributed by atoms with Crippen molar-refractivity contribution in [3.05, 3.63) is 35.6 Å². The fourth-order valence-corrected chi connectivity index (χ4v) is 4.86. The van der Waals surface area contributed by atoms with Crippen molar-refractivity contribution in [1.82, 2.24) is 4.90 Å². The Morgan fingerprint density at radius 1 is 1.12 bits per heavy atom. The van der Waals surface area contributed by atoms with E-state index in [2.05, 4.69) is 4.90 Å². The highest BCUT2D eigenvalue weighted by atomic mass is 19.1. The number of nitrogens with zero attached hydrogens (tertiary/aromatic N) is 1. The minimum atomic E-state index is -0.594. The molecule has 5 heteroatoms. The van der Waals surface area contributed by atoms with E-state index in [1.807, 2.05) is 6.07 Å². The summed E-state index contributed by atoms with van der Waals surface area (Å²) in [5, 5.41) is 0. The number of benzene rings is 1. The number of hydrogen-bond acceptors (Lipinski definition) is 4. The molecule has 4 nitrogen and oxygen atoms in total. The normalized spacial score (nSPS) is 30.0. The molecule has 2 unspecified atom stereocenters. The molecule has 4 aliphatic rings. The van der Waals surface area contributed by atoms with E-state index in [0.717, 1.165) is 63.7 Å². The number of hydrogen-bond donors (Lipinski definition) is 0. The largest absolute Gasteiger partial charge is 0.509 e. The Labute approximate surface area is 154 Å². The Morgan fingerprint density at radius 3 is 2.54 bits per heavy atom. The third kappa shape index (κ3) is 4.03. The second-order valence-electron chi connectivity index (χ2n) is 8.04. The van der Waals surface area contributed by atoms with Crippen LogP contribution in [0.1, 0.15) is 56.6 Å². The Morgan fingerprint density at radius 2 is 1.88 bits per heavy atom. The van der Waals surface area contributed by atoms with Crippen LogP contribution in [0.15, 0.2) is 24.3 Å². The lowest BCUT2D eigenvalue weighted by Gasteiger charge is -2.43. The van der Waals surface area contributed by atoms with Gasteiger partial charge in [-0.25, -0.2) is 9.18 Å². The molecule has 0 spiro atoms. The number of fused-ring (bicyclic) bond motifs is 3. The van der Waals surface area contributed by atoms with Crippen molar-refractivity contribution < 1.29 is 18.7 Å². The van der Waals surface area contributed by atoms with E-state index in [1.54, 1.807) is 6.07 Å². The van der Waals surface area contributed by atoms with Crippen LogP contribution in [0.5, 0.6) is 0 Å². The van der Waals surface area contributed by atoms with Crippen LogP contribution in [0.3, 0.4) is 0 Å². The molecule has 142 valence electrons. The van der Waals surface area contributed by atoms with Crippen LogP contribution in [-0.4, -0.2) is 36.8 Å². The molecule has 0 N–H and O–H groups in total. The molecule has 26 heavy (non-hydrogen) atoms. The minimum absolute atomic E-state index is 0.0653. The van der Waals surface area contributed by atoms with Gasteiger partial charge in [-0.05, 0) is 62.4 Å². The summed E-state index contributed by atoms with van der Waals surface area (Å²) in [6.45, 7) is 3.02. The van der Waals surface area contributed by atoms with Crippen LogP contribution in [0, 0.1) is 17.7 Å². The Balaban J connectivity index is 1.44. The van der Waals surface area contributed by atoms with Crippen molar-refractivity contribution in [3.63, 3.8) is 0 Å². The van der Waals surface area contributed by atoms with E-state index in [0.29, 0.717) is 5.92 Å². The Hall–Kier alpha value is -1.62. The molecule has 0 radical (unpaired) electrons. The SMILES string of the molecule is O=C(OC1CN2CCC1CC2)OC(c1cccc(F)c1)C1CCCCC1. The molecular formula is C21H28FNO3. The zero-order valence-electron chi connectivity index (χ0n) is 15.2. The third-order valence-electron chi connectivity index (χ3n) is 6.32. The highest BCUT2D eigenvalue weighted by Gasteiger charge is 2.38. The Kier molecular flexibility index (Phi) is 5.44. The Bertz CT molecular complexity index is 623. The van der Waals surface area contributed by atoms with Gasteiger partial charge < -0.3 is 9.47 Å². The molecule has 1 aromatic carbocycles. The molecule has 1 saturated carbocycles. The van der Waals surface area contributed by atoms with Crippen molar-refractivity contribution in [1.29, 1.82) is 0 Å². The van der Waals surface area contributed by atoms with Crippen LogP contribution in [0.4, 0.5) is 9.18 Å². The predicted molar refractivity (Wildman–Crippen MR) is 96.2 cm³/mol. The van der Waals surface area contributed by atoms with Gasteiger partial charge in [0.05, 0.1) is 0 Å². The van der Waals surface area contributed by atoms with Crippen molar-refractivity contribution in [2.45, 2.75) is 57.2 Å². The first kappa shape index (κ1) is 17.8. The van der Waals surface area contributed by atoms with Crippen molar-refractivity contribution in [2.24, 2.45) is 11.8 Å². The fraction of sp³-hybridized carbons (Fsp3) is 0.667. The van der Waals surface area contributed by atoms with Gasteiger partial charge >= 0.3 is 6.16 Å². The van der Waals surface area contributed by atoms with E-state index < -0.39 is 12.3 Å². The summed E-state index contributed by atoms with van der Waals surface area (Å²) in [5.74, 6) is 0.400. The van der Waals surface area contributed by atoms with Gasteiger partial charge in [0, 0.05) is 12.5 Å². The first-order chi connectivity index (χ1) is 12.7. The van der Waals surface area contributed by atoms with Gasteiger partial charge in [-0.15, -0.1) is 0 Å². The van der Waals surface area contributed by atoms with E-state index in [9.17, 15) is 9.18 Å². The fourth-order valence-electron chi connectivity index (χ4n) is 4.86. The number of ether oxygens (including phenoxy) is 2. The van der Waals surface area contributed by atoms with Gasteiger partial charge in [0.1, 0.15) is 18.0 Å². The summed E-state index contributed by atoms with van der Waals surface area (Å²) in [6.07, 6.45) is 6.61.